The molecule has 162 valence electrons. The number of sulfonamides is 1. The van der Waals surface area contributed by atoms with E-state index in [0.717, 1.165) is 21.7 Å². The summed E-state index contributed by atoms with van der Waals surface area (Å²) in [4.78, 5) is 38.6. The van der Waals surface area contributed by atoms with E-state index in [9.17, 15) is 22.8 Å². The second-order valence-corrected chi connectivity index (χ2v) is 9.38. The summed E-state index contributed by atoms with van der Waals surface area (Å²) in [5.74, 6) is -1.73. The maximum Gasteiger partial charge on any atom is 0.325 e. The van der Waals surface area contributed by atoms with Crippen LogP contribution >= 0.6 is 0 Å². The monoisotopic (exact) mass is 443 g/mol. The van der Waals surface area contributed by atoms with Gasteiger partial charge < -0.3 is 10.1 Å². The Bertz CT molecular complexity index is 1160. The minimum absolute atomic E-state index is 0.0579. The molecule has 9 nitrogen and oxygen atoms in total. The number of rotatable bonds is 4. The predicted octanol–water partition coefficient (Wildman–Crippen LogP) is 0.901. The lowest BCUT2D eigenvalue weighted by Gasteiger charge is -2.33. The Morgan fingerprint density at radius 3 is 2.48 bits per heavy atom. The molecule has 0 fully saturated rings. The maximum atomic E-state index is 12.8. The first-order chi connectivity index (χ1) is 14.7. The van der Waals surface area contributed by atoms with Crippen LogP contribution in [0, 0.1) is 0 Å². The molecule has 0 unspecified atom stereocenters. The third-order valence-electron chi connectivity index (χ3n) is 5.31. The van der Waals surface area contributed by atoms with Crippen LogP contribution < -0.4 is 10.2 Å². The van der Waals surface area contributed by atoms with Gasteiger partial charge in [-0.3, -0.25) is 19.3 Å². The lowest BCUT2D eigenvalue weighted by atomic mass is 9.96. The van der Waals surface area contributed by atoms with E-state index in [1.54, 1.807) is 24.3 Å². The average Bonchev–Trinajstić information content (AvgIpc) is 2.75. The van der Waals surface area contributed by atoms with Gasteiger partial charge in [0.2, 0.25) is 15.9 Å². The van der Waals surface area contributed by atoms with Gasteiger partial charge in [-0.05, 0) is 23.3 Å². The summed E-state index contributed by atoms with van der Waals surface area (Å²) < 4.78 is 30.8. The molecule has 0 saturated carbocycles. The summed E-state index contributed by atoms with van der Waals surface area (Å²) in [5, 5.41) is 2.68. The molecular weight excluding hydrogens is 422 g/mol. The molecule has 2 heterocycles. The summed E-state index contributed by atoms with van der Waals surface area (Å²) in [6.45, 7) is -0.738. The largest absolute Gasteiger partial charge is 0.454 e. The average molecular weight is 443 g/mol. The molecule has 1 atom stereocenters. The van der Waals surface area contributed by atoms with E-state index in [2.05, 4.69) is 5.32 Å². The van der Waals surface area contributed by atoms with Crippen LogP contribution in [0.4, 0.5) is 11.4 Å². The molecule has 0 radical (unpaired) electrons. The van der Waals surface area contributed by atoms with Crippen LogP contribution in [0.25, 0.3) is 0 Å². The fourth-order valence-electron chi connectivity index (χ4n) is 3.81. The maximum absolute atomic E-state index is 12.8. The lowest BCUT2D eigenvalue weighted by molar-refractivity contribution is -0.152. The van der Waals surface area contributed by atoms with E-state index in [1.807, 2.05) is 24.3 Å². The third kappa shape index (κ3) is 4.30. The molecule has 0 aromatic heterocycles. The summed E-state index contributed by atoms with van der Waals surface area (Å²) in [6.07, 6.45) is 1.20. The molecule has 1 N–H and O–H groups in total. The minimum Gasteiger partial charge on any atom is -0.454 e. The first kappa shape index (κ1) is 21.0. The van der Waals surface area contributed by atoms with Crippen LogP contribution in [0.3, 0.4) is 0 Å². The first-order valence-electron chi connectivity index (χ1n) is 9.63. The van der Waals surface area contributed by atoms with Crippen molar-refractivity contribution >= 4 is 39.2 Å². The molecule has 31 heavy (non-hydrogen) atoms. The number of hydrogen-bond acceptors (Lipinski definition) is 6. The number of amides is 2. The van der Waals surface area contributed by atoms with Crippen LogP contribution in [-0.4, -0.2) is 56.0 Å². The number of anilines is 2. The second-order valence-electron chi connectivity index (χ2n) is 7.45. The summed E-state index contributed by atoms with van der Waals surface area (Å²) in [7, 11) is -3.68. The van der Waals surface area contributed by atoms with E-state index in [4.69, 9.17) is 4.74 Å². The van der Waals surface area contributed by atoms with Gasteiger partial charge in [0, 0.05) is 13.0 Å². The van der Waals surface area contributed by atoms with Crippen molar-refractivity contribution in [3.63, 3.8) is 0 Å². The van der Waals surface area contributed by atoms with E-state index in [1.165, 1.54) is 4.90 Å². The van der Waals surface area contributed by atoms with Gasteiger partial charge in [-0.2, -0.15) is 4.31 Å². The number of hydrogen-bond donors (Lipinski definition) is 1. The summed E-state index contributed by atoms with van der Waals surface area (Å²) in [6, 6.07) is 13.0. The number of ether oxygens (including phenoxy) is 1. The first-order valence-corrected chi connectivity index (χ1v) is 11.5. The normalized spacial score (nSPS) is 18.5. The molecule has 0 bridgehead atoms. The fraction of sp³-hybridized carbons (Fsp3) is 0.286. The summed E-state index contributed by atoms with van der Waals surface area (Å²) >= 11 is 0. The van der Waals surface area contributed by atoms with Gasteiger partial charge in [-0.1, -0.05) is 36.4 Å². The highest BCUT2D eigenvalue weighted by Gasteiger charge is 2.38. The number of para-hydroxylation sites is 2. The van der Waals surface area contributed by atoms with Crippen molar-refractivity contribution in [1.29, 1.82) is 0 Å². The standard InChI is InChI=1S/C21H21N3O6S/c1-31(28,29)24-11-15-7-3-2-6-14(15)10-18(24)21(27)30-13-20(26)23-12-19(25)22-16-8-4-5-9-17(16)23/h2-9,18H,10-13H2,1H3,(H,22,25)/t18-/m0/s1. The Balaban J connectivity index is 1.49. The van der Waals surface area contributed by atoms with Crippen LogP contribution in [0.5, 0.6) is 0 Å². The van der Waals surface area contributed by atoms with Gasteiger partial charge in [0.1, 0.15) is 12.6 Å². The molecule has 0 aliphatic carbocycles. The number of fused-ring (bicyclic) bond motifs is 2. The smallest absolute Gasteiger partial charge is 0.325 e. The Morgan fingerprint density at radius 1 is 1.06 bits per heavy atom. The Hall–Kier alpha value is -3.24. The summed E-state index contributed by atoms with van der Waals surface area (Å²) in [5.41, 5.74) is 2.68. The molecule has 2 aliphatic rings. The van der Waals surface area contributed by atoms with Gasteiger partial charge >= 0.3 is 5.97 Å². The van der Waals surface area contributed by atoms with Crippen LogP contribution in [0.15, 0.2) is 48.5 Å². The Labute approximate surface area is 179 Å². The van der Waals surface area contributed by atoms with Gasteiger partial charge in [0.05, 0.1) is 17.6 Å². The molecule has 2 amide bonds. The molecule has 0 spiro atoms. The Morgan fingerprint density at radius 2 is 1.74 bits per heavy atom. The highest BCUT2D eigenvalue weighted by Crippen LogP contribution is 2.29. The molecular formula is C21H21N3O6S. The van der Waals surface area contributed by atoms with Gasteiger partial charge in [-0.25, -0.2) is 8.42 Å². The molecule has 2 aliphatic heterocycles. The van der Waals surface area contributed by atoms with Crippen LogP contribution in [-0.2, 0) is 42.1 Å². The zero-order valence-corrected chi connectivity index (χ0v) is 17.6. The molecule has 2 aromatic rings. The Kier molecular flexibility index (Phi) is 5.50. The predicted molar refractivity (Wildman–Crippen MR) is 113 cm³/mol. The number of nitrogens with one attached hydrogen (secondary N) is 1. The van der Waals surface area contributed by atoms with E-state index in [-0.39, 0.29) is 25.4 Å². The van der Waals surface area contributed by atoms with Crippen LogP contribution in [0.2, 0.25) is 0 Å². The van der Waals surface area contributed by atoms with Gasteiger partial charge in [-0.15, -0.1) is 0 Å². The van der Waals surface area contributed by atoms with E-state index < -0.39 is 34.5 Å². The lowest BCUT2D eigenvalue weighted by Crippen LogP contribution is -2.50. The topological polar surface area (TPSA) is 113 Å². The van der Waals surface area contributed by atoms with E-state index >= 15 is 0 Å². The van der Waals surface area contributed by atoms with Crippen molar-refractivity contribution in [2.24, 2.45) is 0 Å². The van der Waals surface area contributed by atoms with Gasteiger partial charge in [0.15, 0.2) is 6.61 Å². The van der Waals surface area contributed by atoms with Crippen molar-refractivity contribution < 1.29 is 27.5 Å². The number of carbonyl (C=O) groups excluding carboxylic acids is 3. The minimum atomic E-state index is -3.68. The molecule has 10 heteroatoms. The van der Waals surface area contributed by atoms with Crippen molar-refractivity contribution in [2.75, 3.05) is 29.6 Å². The number of nitrogens with zero attached hydrogens (tertiary/aromatic N) is 2. The van der Waals surface area contributed by atoms with E-state index in [0.29, 0.717) is 11.4 Å². The number of esters is 1. The highest BCUT2D eigenvalue weighted by atomic mass is 32.2. The highest BCUT2D eigenvalue weighted by molar-refractivity contribution is 7.88. The van der Waals surface area contributed by atoms with Crippen molar-refractivity contribution in [3.8, 4) is 0 Å². The van der Waals surface area contributed by atoms with Crippen LogP contribution in [0.1, 0.15) is 11.1 Å². The van der Waals surface area contributed by atoms with Crippen molar-refractivity contribution in [3.05, 3.63) is 59.7 Å². The zero-order chi connectivity index (χ0) is 22.2. The zero-order valence-electron chi connectivity index (χ0n) is 16.8. The number of benzene rings is 2. The molecule has 4 rings (SSSR count). The SMILES string of the molecule is CS(=O)(=O)N1Cc2ccccc2C[C@H]1C(=O)OCC(=O)N1CC(=O)Nc2ccccc21. The van der Waals surface area contributed by atoms with Gasteiger partial charge in [0.25, 0.3) is 5.91 Å². The molecule has 0 saturated heterocycles. The van der Waals surface area contributed by atoms with Crippen molar-refractivity contribution in [1.82, 2.24) is 4.31 Å². The fourth-order valence-corrected chi connectivity index (χ4v) is 4.81. The third-order valence-corrected chi connectivity index (χ3v) is 6.55. The second kappa shape index (κ2) is 8.12. The van der Waals surface area contributed by atoms with Crippen molar-refractivity contribution in [2.45, 2.75) is 19.0 Å². The number of carbonyl (C=O) groups is 3. The molecule has 2 aromatic carbocycles. The quantitative estimate of drug-likeness (QED) is 0.703.